The quantitative estimate of drug-likeness (QED) is 0.836. The highest BCUT2D eigenvalue weighted by Crippen LogP contribution is 2.25. The van der Waals surface area contributed by atoms with Crippen molar-refractivity contribution in [3.63, 3.8) is 0 Å². The fourth-order valence-electron chi connectivity index (χ4n) is 1.88. The van der Waals surface area contributed by atoms with E-state index in [4.69, 9.17) is 0 Å². The molecule has 0 saturated carbocycles. The van der Waals surface area contributed by atoms with Gasteiger partial charge >= 0.3 is 16.2 Å². The number of aromatic nitrogens is 2. The molecule has 0 aliphatic carbocycles. The van der Waals surface area contributed by atoms with Gasteiger partial charge in [0.05, 0.1) is 11.1 Å². The average Bonchev–Trinajstić information content (AvgIpc) is 2.75. The first-order chi connectivity index (χ1) is 10.2. The van der Waals surface area contributed by atoms with E-state index >= 15 is 0 Å². The molecule has 2 N–H and O–H groups in total. The van der Waals surface area contributed by atoms with Crippen molar-refractivity contribution in [1.29, 1.82) is 0 Å². The van der Waals surface area contributed by atoms with E-state index in [1.807, 2.05) is 0 Å². The van der Waals surface area contributed by atoms with Crippen LogP contribution in [0.2, 0.25) is 0 Å². The molecule has 2 rings (SSSR count). The monoisotopic (exact) mass is 326 g/mol. The largest absolute Gasteiger partial charge is 0.478 e. The summed E-state index contributed by atoms with van der Waals surface area (Å²) in [5, 5.41) is 11.5. The van der Waals surface area contributed by atoms with Crippen LogP contribution in [0.4, 0.5) is 5.95 Å². The predicted molar refractivity (Wildman–Crippen MR) is 79.0 cm³/mol. The molecule has 0 aliphatic rings. The number of rotatable bonds is 4. The Balaban J connectivity index is 2.90. The molecule has 2 aromatic rings. The van der Waals surface area contributed by atoms with Crippen molar-refractivity contribution in [1.82, 2.24) is 13.3 Å². The number of hydrogen-bond donors (Lipinski definition) is 2. The van der Waals surface area contributed by atoms with E-state index in [1.165, 1.54) is 39.2 Å². The van der Waals surface area contributed by atoms with Crippen molar-refractivity contribution in [2.45, 2.75) is 6.92 Å². The number of carboxylic acids is 1. The van der Waals surface area contributed by atoms with Gasteiger partial charge in [-0.2, -0.15) is 16.7 Å². The highest BCUT2D eigenvalue weighted by Gasteiger charge is 2.26. The fourth-order valence-corrected chi connectivity index (χ4v) is 2.91. The molecule has 9 nitrogen and oxygen atoms in total. The van der Waals surface area contributed by atoms with Gasteiger partial charge in [0.15, 0.2) is 0 Å². The van der Waals surface area contributed by atoms with Gasteiger partial charge in [0.1, 0.15) is 5.52 Å². The molecule has 118 valence electrons. The number of hydrogen-bond acceptors (Lipinski definition) is 5. The zero-order valence-electron chi connectivity index (χ0n) is 12.1. The number of benzene rings is 1. The summed E-state index contributed by atoms with van der Waals surface area (Å²) in [5.41, 5.74) is -0.113. The lowest BCUT2D eigenvalue weighted by Gasteiger charge is -2.15. The summed E-state index contributed by atoms with van der Waals surface area (Å²) in [6, 6.07) is 4.13. The van der Waals surface area contributed by atoms with Gasteiger partial charge in [0.2, 0.25) is 11.9 Å². The van der Waals surface area contributed by atoms with Crippen LogP contribution in [0.1, 0.15) is 17.3 Å². The van der Waals surface area contributed by atoms with Gasteiger partial charge in [-0.25, -0.2) is 9.78 Å². The Labute approximate surface area is 126 Å². The van der Waals surface area contributed by atoms with Gasteiger partial charge < -0.3 is 5.11 Å². The Morgan fingerprint density at radius 3 is 2.45 bits per heavy atom. The number of aromatic carboxylic acids is 1. The summed E-state index contributed by atoms with van der Waals surface area (Å²) in [5.74, 6) is -2.03. The third-order valence-electron chi connectivity index (χ3n) is 2.85. The number of imidazole rings is 1. The highest BCUT2D eigenvalue weighted by atomic mass is 32.2. The number of anilines is 1. The molecule has 0 bridgehead atoms. The Hall–Kier alpha value is -2.46. The minimum absolute atomic E-state index is 0.0239. The van der Waals surface area contributed by atoms with Crippen LogP contribution in [-0.4, -0.2) is 52.8 Å². The smallest absolute Gasteiger partial charge is 0.337 e. The number of nitrogens with zero attached hydrogens (tertiary/aromatic N) is 3. The zero-order valence-corrected chi connectivity index (χ0v) is 12.9. The van der Waals surface area contributed by atoms with Crippen LogP contribution in [0.25, 0.3) is 11.0 Å². The van der Waals surface area contributed by atoms with E-state index in [-0.39, 0.29) is 22.5 Å². The number of carboxylic acid groups (broad SMARTS) is 1. The SMILES string of the molecule is CC(=O)Nc1nc2c(C(=O)O)cccc2n1S(=O)(=O)N(C)C. The molecule has 1 amide bonds. The van der Waals surface area contributed by atoms with E-state index in [9.17, 15) is 23.1 Å². The lowest BCUT2D eigenvalue weighted by atomic mass is 10.2. The molecule has 1 aromatic carbocycles. The maximum Gasteiger partial charge on any atom is 0.337 e. The molecule has 1 heterocycles. The van der Waals surface area contributed by atoms with Crippen LogP contribution in [0, 0.1) is 0 Å². The normalized spacial score (nSPS) is 11.8. The third-order valence-corrected chi connectivity index (χ3v) is 4.61. The molecule has 0 spiro atoms. The molecule has 0 radical (unpaired) electrons. The fraction of sp³-hybridized carbons (Fsp3) is 0.250. The summed E-state index contributed by atoms with van der Waals surface area (Å²) in [6.07, 6.45) is 0. The molecular weight excluding hydrogens is 312 g/mol. The van der Waals surface area contributed by atoms with Gasteiger partial charge in [-0.15, -0.1) is 0 Å². The summed E-state index contributed by atoms with van der Waals surface area (Å²) in [4.78, 5) is 26.5. The van der Waals surface area contributed by atoms with Crippen molar-refractivity contribution in [3.05, 3.63) is 23.8 Å². The number of carbonyl (C=O) groups excluding carboxylic acids is 1. The van der Waals surface area contributed by atoms with Crippen LogP contribution in [0.3, 0.4) is 0 Å². The van der Waals surface area contributed by atoms with Crippen LogP contribution in [0.15, 0.2) is 18.2 Å². The van der Waals surface area contributed by atoms with Crippen LogP contribution in [0.5, 0.6) is 0 Å². The molecule has 1 aromatic heterocycles. The number of fused-ring (bicyclic) bond motifs is 1. The maximum absolute atomic E-state index is 12.4. The van der Waals surface area contributed by atoms with Gasteiger partial charge in [0.25, 0.3) is 0 Å². The van der Waals surface area contributed by atoms with Crippen LogP contribution >= 0.6 is 0 Å². The second-order valence-corrected chi connectivity index (χ2v) is 6.64. The molecule has 0 aliphatic heterocycles. The molecular formula is C12H14N4O5S. The summed E-state index contributed by atoms with van der Waals surface area (Å²) >= 11 is 0. The minimum atomic E-state index is -4.00. The lowest BCUT2D eigenvalue weighted by molar-refractivity contribution is -0.114. The number of para-hydroxylation sites is 1. The second-order valence-electron chi connectivity index (χ2n) is 4.65. The molecule has 0 fully saturated rings. The van der Waals surface area contributed by atoms with Gasteiger partial charge in [0, 0.05) is 21.0 Å². The van der Waals surface area contributed by atoms with E-state index in [0.29, 0.717) is 0 Å². The van der Waals surface area contributed by atoms with Crippen molar-refractivity contribution in [2.24, 2.45) is 0 Å². The van der Waals surface area contributed by atoms with Crippen molar-refractivity contribution >= 4 is 39.1 Å². The van der Waals surface area contributed by atoms with Gasteiger partial charge in [-0.1, -0.05) is 6.07 Å². The molecule has 0 saturated heterocycles. The van der Waals surface area contributed by atoms with E-state index in [1.54, 1.807) is 0 Å². The highest BCUT2D eigenvalue weighted by molar-refractivity contribution is 7.87. The topological polar surface area (TPSA) is 122 Å². The molecule has 10 heteroatoms. The Morgan fingerprint density at radius 2 is 1.95 bits per heavy atom. The molecule has 0 atom stereocenters. The lowest BCUT2D eigenvalue weighted by Crippen LogP contribution is -2.30. The average molecular weight is 326 g/mol. The van der Waals surface area contributed by atoms with Crippen LogP contribution < -0.4 is 5.32 Å². The van der Waals surface area contributed by atoms with Crippen molar-refractivity contribution in [3.8, 4) is 0 Å². The zero-order chi connectivity index (χ0) is 16.7. The van der Waals surface area contributed by atoms with Crippen molar-refractivity contribution in [2.75, 3.05) is 19.4 Å². The summed E-state index contributed by atoms with van der Waals surface area (Å²) < 4.78 is 26.6. The maximum atomic E-state index is 12.4. The summed E-state index contributed by atoms with van der Waals surface area (Å²) in [6.45, 7) is 1.20. The first-order valence-corrected chi connectivity index (χ1v) is 7.51. The Bertz CT molecular complexity index is 869. The minimum Gasteiger partial charge on any atom is -0.478 e. The first kappa shape index (κ1) is 15.9. The second kappa shape index (κ2) is 5.39. The Morgan fingerprint density at radius 1 is 1.32 bits per heavy atom. The molecule has 22 heavy (non-hydrogen) atoms. The van der Waals surface area contributed by atoms with Crippen molar-refractivity contribution < 1.29 is 23.1 Å². The summed E-state index contributed by atoms with van der Waals surface area (Å²) in [7, 11) is -1.36. The van der Waals surface area contributed by atoms with Crippen LogP contribution in [-0.2, 0) is 15.0 Å². The molecule has 0 unspecified atom stereocenters. The standard InChI is InChI=1S/C12H14N4O5S/c1-7(17)13-12-14-10-8(11(18)19)5-4-6-9(10)16(12)22(20,21)15(2)3/h4-6H,1-3H3,(H,18,19)(H,13,14,17). The van der Waals surface area contributed by atoms with E-state index in [0.717, 1.165) is 8.28 Å². The third kappa shape index (κ3) is 2.53. The van der Waals surface area contributed by atoms with Gasteiger partial charge in [-0.3, -0.25) is 10.1 Å². The number of carbonyl (C=O) groups is 2. The number of nitrogens with one attached hydrogen (secondary N) is 1. The number of amides is 1. The van der Waals surface area contributed by atoms with E-state index in [2.05, 4.69) is 10.3 Å². The first-order valence-electron chi connectivity index (χ1n) is 6.11. The van der Waals surface area contributed by atoms with E-state index < -0.39 is 22.1 Å². The predicted octanol–water partition coefficient (Wildman–Crippen LogP) is 0.347. The Kier molecular flexibility index (Phi) is 3.90. The van der Waals surface area contributed by atoms with Gasteiger partial charge in [-0.05, 0) is 12.1 Å².